The van der Waals surface area contributed by atoms with Gasteiger partial charge in [0.25, 0.3) is 0 Å². The highest BCUT2D eigenvalue weighted by atomic mass is 32.2. The normalized spacial score (nSPS) is 26.8. The fraction of sp³-hybridized carbons (Fsp3) is 0.409. The molecular weight excluding hydrogens is 392 g/mol. The summed E-state index contributed by atoms with van der Waals surface area (Å²) in [5, 5.41) is 21.1. The van der Waals surface area contributed by atoms with E-state index in [1.54, 1.807) is 30.3 Å². The number of hydrogen-bond donors (Lipinski definition) is 2. The largest absolute Gasteiger partial charge is 0.453 e. The maximum atomic E-state index is 12.5. The quantitative estimate of drug-likeness (QED) is 0.638. The molecule has 0 spiro atoms. The molecule has 7 heteroatoms. The van der Waals surface area contributed by atoms with Gasteiger partial charge in [-0.2, -0.15) is 0 Å². The van der Waals surface area contributed by atoms with E-state index in [9.17, 15) is 15.0 Å². The van der Waals surface area contributed by atoms with E-state index in [-0.39, 0.29) is 6.61 Å². The van der Waals surface area contributed by atoms with Crippen molar-refractivity contribution in [1.29, 1.82) is 0 Å². The van der Waals surface area contributed by atoms with Crippen LogP contribution in [0.25, 0.3) is 0 Å². The van der Waals surface area contributed by atoms with Gasteiger partial charge in [0.15, 0.2) is 6.10 Å². The molecule has 5 atom stereocenters. The molecule has 2 aromatic carbocycles. The van der Waals surface area contributed by atoms with E-state index in [0.717, 1.165) is 5.56 Å². The van der Waals surface area contributed by atoms with E-state index in [4.69, 9.17) is 14.2 Å². The van der Waals surface area contributed by atoms with Crippen molar-refractivity contribution in [3.8, 4) is 0 Å². The molecule has 0 saturated carbocycles. The van der Waals surface area contributed by atoms with E-state index in [2.05, 4.69) is 0 Å². The molecule has 3 rings (SSSR count). The lowest BCUT2D eigenvalue weighted by atomic mass is 10.00. The molecule has 0 aliphatic carbocycles. The number of carbonyl (C=O) groups is 1. The molecule has 0 radical (unpaired) electrons. The third-order valence-corrected chi connectivity index (χ3v) is 5.67. The fourth-order valence-corrected chi connectivity index (χ4v) is 4.03. The summed E-state index contributed by atoms with van der Waals surface area (Å²) in [5.74, 6) is 0.126. The lowest BCUT2D eigenvalue weighted by Crippen LogP contribution is -2.59. The van der Waals surface area contributed by atoms with Crippen LogP contribution < -0.4 is 0 Å². The van der Waals surface area contributed by atoms with Crippen molar-refractivity contribution in [3.05, 3.63) is 71.8 Å². The van der Waals surface area contributed by atoms with Crippen LogP contribution >= 0.6 is 11.8 Å². The van der Waals surface area contributed by atoms with Crippen molar-refractivity contribution < 1.29 is 29.2 Å². The van der Waals surface area contributed by atoms with Crippen molar-refractivity contribution in [2.45, 2.75) is 43.4 Å². The van der Waals surface area contributed by atoms with Crippen LogP contribution in [0.2, 0.25) is 0 Å². The Kier molecular flexibility index (Phi) is 8.09. The molecule has 1 saturated heterocycles. The average Bonchev–Trinajstić information content (AvgIpc) is 2.75. The fourth-order valence-electron chi connectivity index (χ4n) is 3.12. The summed E-state index contributed by atoms with van der Waals surface area (Å²) in [6.45, 7) is 2.42. The number of aliphatic hydroxyl groups excluding tert-OH is 2. The number of thioether (sulfide) groups is 1. The van der Waals surface area contributed by atoms with Crippen molar-refractivity contribution in [1.82, 2.24) is 0 Å². The number of hydrogen-bond acceptors (Lipinski definition) is 7. The molecular formula is C22H26O6S. The van der Waals surface area contributed by atoms with Crippen LogP contribution in [0.15, 0.2) is 60.7 Å². The van der Waals surface area contributed by atoms with E-state index >= 15 is 0 Å². The Hall–Kier alpha value is -1.90. The van der Waals surface area contributed by atoms with E-state index in [1.807, 2.05) is 37.3 Å². The van der Waals surface area contributed by atoms with Crippen LogP contribution in [-0.2, 0) is 20.8 Å². The van der Waals surface area contributed by atoms with Crippen LogP contribution in [-0.4, -0.2) is 58.4 Å². The van der Waals surface area contributed by atoms with E-state index in [1.165, 1.54) is 11.8 Å². The van der Waals surface area contributed by atoms with E-state index < -0.39 is 35.8 Å². The van der Waals surface area contributed by atoms with Gasteiger partial charge >= 0.3 is 5.97 Å². The minimum absolute atomic E-state index is 0.117. The third kappa shape index (κ3) is 5.81. The number of aliphatic hydroxyl groups is 2. The van der Waals surface area contributed by atoms with Gasteiger partial charge in [-0.05, 0) is 23.4 Å². The molecule has 1 aliphatic heterocycles. The van der Waals surface area contributed by atoms with E-state index in [0.29, 0.717) is 17.9 Å². The highest BCUT2D eigenvalue weighted by Gasteiger charge is 2.46. The first kappa shape index (κ1) is 21.8. The maximum absolute atomic E-state index is 12.5. The van der Waals surface area contributed by atoms with Gasteiger partial charge in [0.2, 0.25) is 0 Å². The SMILES string of the molecule is CCS[C@@H]1O[C@H](COCc2ccccc2)[C@H](OC(=O)c2ccccc2)[C@H](O)[C@H]1O. The van der Waals surface area contributed by atoms with Crippen molar-refractivity contribution in [3.63, 3.8) is 0 Å². The molecule has 1 aliphatic rings. The first-order chi connectivity index (χ1) is 14.1. The van der Waals surface area contributed by atoms with Crippen molar-refractivity contribution in [2.75, 3.05) is 12.4 Å². The average molecular weight is 419 g/mol. The van der Waals surface area contributed by atoms with Gasteiger partial charge in [0.1, 0.15) is 23.7 Å². The maximum Gasteiger partial charge on any atom is 0.338 e. The smallest absolute Gasteiger partial charge is 0.338 e. The monoisotopic (exact) mass is 418 g/mol. The Labute approximate surface area is 174 Å². The molecule has 0 unspecified atom stereocenters. The van der Waals surface area contributed by atoms with Crippen molar-refractivity contribution in [2.24, 2.45) is 0 Å². The lowest BCUT2D eigenvalue weighted by Gasteiger charge is -2.41. The molecule has 0 bridgehead atoms. The molecule has 1 fully saturated rings. The summed E-state index contributed by atoms with van der Waals surface area (Å²) in [6.07, 6.45) is -4.18. The van der Waals surface area contributed by atoms with Crippen LogP contribution in [0.5, 0.6) is 0 Å². The number of carbonyl (C=O) groups excluding carboxylic acids is 1. The van der Waals surface area contributed by atoms with Crippen LogP contribution in [0.4, 0.5) is 0 Å². The van der Waals surface area contributed by atoms with Gasteiger partial charge < -0.3 is 24.4 Å². The van der Waals surface area contributed by atoms with Crippen molar-refractivity contribution >= 4 is 17.7 Å². The zero-order valence-electron chi connectivity index (χ0n) is 16.2. The standard InChI is InChI=1S/C22H26O6S/c1-2-29-22-19(24)18(23)20(28-21(25)16-11-7-4-8-12-16)17(27-22)14-26-13-15-9-5-3-6-10-15/h3-12,17-20,22-24H,2,13-14H2,1H3/t17-,18-,19-,20+,22+/m1/s1. The first-order valence-corrected chi connectivity index (χ1v) is 10.7. The van der Waals surface area contributed by atoms with Gasteiger partial charge in [-0.3, -0.25) is 0 Å². The van der Waals surface area contributed by atoms with Gasteiger partial charge in [-0.25, -0.2) is 4.79 Å². The summed E-state index contributed by atoms with van der Waals surface area (Å²) in [6, 6.07) is 18.2. The van der Waals surface area contributed by atoms with Gasteiger partial charge in [0, 0.05) is 0 Å². The molecule has 2 N–H and O–H groups in total. The Balaban J connectivity index is 1.69. The summed E-state index contributed by atoms with van der Waals surface area (Å²) in [7, 11) is 0. The molecule has 29 heavy (non-hydrogen) atoms. The Morgan fingerprint density at radius 2 is 1.69 bits per heavy atom. The van der Waals surface area contributed by atoms with Gasteiger partial charge in [-0.15, -0.1) is 11.8 Å². The topological polar surface area (TPSA) is 85.2 Å². The Bertz CT molecular complexity index is 756. The van der Waals surface area contributed by atoms with Crippen LogP contribution in [0.3, 0.4) is 0 Å². The highest BCUT2D eigenvalue weighted by molar-refractivity contribution is 7.99. The number of rotatable bonds is 8. The third-order valence-electron chi connectivity index (χ3n) is 4.62. The van der Waals surface area contributed by atoms with Crippen LogP contribution in [0, 0.1) is 0 Å². The summed E-state index contributed by atoms with van der Waals surface area (Å²) < 4.78 is 17.3. The second kappa shape index (κ2) is 10.8. The number of esters is 1. The number of benzene rings is 2. The predicted octanol–water partition coefficient (Wildman–Crippen LogP) is 2.63. The summed E-state index contributed by atoms with van der Waals surface area (Å²) >= 11 is 1.39. The second-order valence-corrected chi connectivity index (χ2v) is 8.09. The molecule has 2 aromatic rings. The highest BCUT2D eigenvalue weighted by Crippen LogP contribution is 2.30. The minimum atomic E-state index is -1.27. The summed E-state index contributed by atoms with van der Waals surface area (Å²) in [4.78, 5) is 12.5. The lowest BCUT2D eigenvalue weighted by molar-refractivity contribution is -0.210. The zero-order valence-corrected chi connectivity index (χ0v) is 17.0. The Morgan fingerprint density at radius 1 is 1.03 bits per heavy atom. The minimum Gasteiger partial charge on any atom is -0.453 e. The molecule has 0 amide bonds. The summed E-state index contributed by atoms with van der Waals surface area (Å²) in [5.41, 5.74) is 0.747. The zero-order chi connectivity index (χ0) is 20.6. The Morgan fingerprint density at radius 3 is 2.34 bits per heavy atom. The second-order valence-electron chi connectivity index (χ2n) is 6.72. The molecule has 1 heterocycles. The van der Waals surface area contributed by atoms with Gasteiger partial charge in [0.05, 0.1) is 18.8 Å². The number of ether oxygens (including phenoxy) is 3. The molecule has 156 valence electrons. The molecule has 6 nitrogen and oxygen atoms in total. The molecule has 0 aromatic heterocycles. The van der Waals surface area contributed by atoms with Gasteiger partial charge in [-0.1, -0.05) is 55.5 Å². The van der Waals surface area contributed by atoms with Crippen LogP contribution in [0.1, 0.15) is 22.8 Å². The first-order valence-electron chi connectivity index (χ1n) is 9.61. The predicted molar refractivity (Wildman–Crippen MR) is 111 cm³/mol.